The van der Waals surface area contributed by atoms with Crippen LogP contribution >= 0.6 is 0 Å². The Morgan fingerprint density at radius 1 is 1.16 bits per heavy atom. The molecule has 0 fully saturated rings. The first-order valence-corrected chi connectivity index (χ1v) is 5.92. The van der Waals surface area contributed by atoms with Gasteiger partial charge in [-0.15, -0.1) is 0 Å². The van der Waals surface area contributed by atoms with Gasteiger partial charge in [-0.25, -0.2) is 4.79 Å². The average Bonchev–Trinajstić information content (AvgIpc) is 2.33. The third-order valence-electron chi connectivity index (χ3n) is 2.62. The summed E-state index contributed by atoms with van der Waals surface area (Å²) < 4.78 is 0. The van der Waals surface area contributed by atoms with Gasteiger partial charge in [-0.3, -0.25) is 4.98 Å². The first-order chi connectivity index (χ1) is 9.04. The molecule has 0 spiro atoms. The van der Waals surface area contributed by atoms with E-state index in [4.69, 9.17) is 5.73 Å². The van der Waals surface area contributed by atoms with Crippen molar-refractivity contribution in [1.82, 2.24) is 4.98 Å². The van der Waals surface area contributed by atoms with Crippen LogP contribution in [0.15, 0.2) is 36.4 Å². The number of urea groups is 1. The van der Waals surface area contributed by atoms with Crippen LogP contribution in [0.3, 0.4) is 0 Å². The topological polar surface area (TPSA) is 80.0 Å². The Labute approximate surface area is 111 Å². The number of aryl methyl sites for hydroxylation is 2. The summed E-state index contributed by atoms with van der Waals surface area (Å²) in [6.45, 7) is 3.76. The Balaban J connectivity index is 2.05. The lowest BCUT2D eigenvalue weighted by molar-refractivity contribution is 0.262. The molecule has 2 aromatic rings. The van der Waals surface area contributed by atoms with Gasteiger partial charge in [0.2, 0.25) is 0 Å². The first-order valence-electron chi connectivity index (χ1n) is 5.92. The van der Waals surface area contributed by atoms with E-state index < -0.39 is 0 Å². The van der Waals surface area contributed by atoms with Crippen molar-refractivity contribution in [3.05, 3.63) is 47.8 Å². The van der Waals surface area contributed by atoms with E-state index in [2.05, 4.69) is 15.6 Å². The van der Waals surface area contributed by atoms with Gasteiger partial charge in [-0.2, -0.15) is 0 Å². The summed E-state index contributed by atoms with van der Waals surface area (Å²) in [4.78, 5) is 16.1. The van der Waals surface area contributed by atoms with Gasteiger partial charge < -0.3 is 16.4 Å². The molecule has 0 radical (unpaired) electrons. The normalized spacial score (nSPS) is 10.0. The number of nitrogens with one attached hydrogen (secondary N) is 2. The van der Waals surface area contributed by atoms with Crippen molar-refractivity contribution in [1.29, 1.82) is 0 Å². The molecule has 0 aliphatic carbocycles. The molecule has 1 aromatic carbocycles. The molecule has 0 unspecified atom stereocenters. The second-order valence-corrected chi connectivity index (χ2v) is 4.29. The van der Waals surface area contributed by atoms with Crippen LogP contribution in [0.1, 0.15) is 11.4 Å². The van der Waals surface area contributed by atoms with Gasteiger partial charge in [-0.05, 0) is 44.2 Å². The van der Waals surface area contributed by atoms with Crippen molar-refractivity contribution in [2.24, 2.45) is 0 Å². The first kappa shape index (κ1) is 12.9. The van der Waals surface area contributed by atoms with Gasteiger partial charge in [0.1, 0.15) is 0 Å². The van der Waals surface area contributed by atoms with Crippen molar-refractivity contribution < 1.29 is 4.79 Å². The Kier molecular flexibility index (Phi) is 3.66. The van der Waals surface area contributed by atoms with Crippen molar-refractivity contribution in [2.45, 2.75) is 13.8 Å². The van der Waals surface area contributed by atoms with E-state index in [0.717, 1.165) is 11.4 Å². The zero-order chi connectivity index (χ0) is 13.8. The summed E-state index contributed by atoms with van der Waals surface area (Å²) in [7, 11) is 0. The number of amides is 2. The van der Waals surface area contributed by atoms with E-state index >= 15 is 0 Å². The lowest BCUT2D eigenvalue weighted by Gasteiger charge is -2.10. The summed E-state index contributed by atoms with van der Waals surface area (Å²) in [6.07, 6.45) is 0. The van der Waals surface area contributed by atoms with Crippen LogP contribution in [0, 0.1) is 13.8 Å². The van der Waals surface area contributed by atoms with Crippen LogP contribution in [-0.4, -0.2) is 11.0 Å². The van der Waals surface area contributed by atoms with Crippen LogP contribution in [0.2, 0.25) is 0 Å². The Morgan fingerprint density at radius 2 is 1.95 bits per heavy atom. The maximum Gasteiger partial charge on any atom is 0.323 e. The Morgan fingerprint density at radius 3 is 2.63 bits per heavy atom. The van der Waals surface area contributed by atoms with Crippen LogP contribution in [-0.2, 0) is 0 Å². The van der Waals surface area contributed by atoms with Gasteiger partial charge in [0.25, 0.3) is 0 Å². The maximum absolute atomic E-state index is 11.8. The zero-order valence-corrected chi connectivity index (χ0v) is 10.9. The minimum atomic E-state index is -0.320. The molecule has 5 heteroatoms. The second-order valence-electron chi connectivity index (χ2n) is 4.29. The summed E-state index contributed by atoms with van der Waals surface area (Å²) >= 11 is 0. The molecule has 4 N–H and O–H groups in total. The molecule has 2 amide bonds. The molecular weight excluding hydrogens is 240 g/mol. The number of aromatic nitrogens is 1. The van der Waals surface area contributed by atoms with Gasteiger partial charge in [0, 0.05) is 17.1 Å². The van der Waals surface area contributed by atoms with Crippen LogP contribution < -0.4 is 16.4 Å². The number of nitrogens with zero attached hydrogens (tertiary/aromatic N) is 1. The number of anilines is 3. The van der Waals surface area contributed by atoms with Gasteiger partial charge in [0.15, 0.2) is 0 Å². The van der Waals surface area contributed by atoms with E-state index in [1.807, 2.05) is 26.0 Å². The van der Waals surface area contributed by atoms with E-state index in [0.29, 0.717) is 17.1 Å². The fourth-order valence-electron chi connectivity index (χ4n) is 1.72. The van der Waals surface area contributed by atoms with E-state index in [1.165, 1.54) is 0 Å². The van der Waals surface area contributed by atoms with Crippen molar-refractivity contribution >= 4 is 23.1 Å². The average molecular weight is 256 g/mol. The number of hydrogen-bond acceptors (Lipinski definition) is 3. The molecule has 0 saturated carbocycles. The van der Waals surface area contributed by atoms with Crippen LogP contribution in [0.25, 0.3) is 0 Å². The smallest absolute Gasteiger partial charge is 0.323 e. The highest BCUT2D eigenvalue weighted by Gasteiger charge is 2.05. The molecule has 0 atom stereocenters. The minimum absolute atomic E-state index is 0.320. The molecule has 5 nitrogen and oxygen atoms in total. The van der Waals surface area contributed by atoms with Gasteiger partial charge in [-0.1, -0.05) is 6.07 Å². The van der Waals surface area contributed by atoms with E-state index in [-0.39, 0.29) is 6.03 Å². The fourth-order valence-corrected chi connectivity index (χ4v) is 1.72. The van der Waals surface area contributed by atoms with Crippen molar-refractivity contribution in [3.63, 3.8) is 0 Å². The number of nitrogen functional groups attached to an aromatic ring is 1. The summed E-state index contributed by atoms with van der Waals surface area (Å²) in [6, 6.07) is 10.4. The Bertz CT molecular complexity index is 610. The Hall–Kier alpha value is -2.56. The van der Waals surface area contributed by atoms with E-state index in [1.54, 1.807) is 24.3 Å². The third kappa shape index (κ3) is 3.45. The molecular formula is C14H16N4O. The highest BCUT2D eigenvalue weighted by Crippen LogP contribution is 2.15. The van der Waals surface area contributed by atoms with Gasteiger partial charge >= 0.3 is 6.03 Å². The minimum Gasteiger partial charge on any atom is -0.399 e. The van der Waals surface area contributed by atoms with E-state index in [9.17, 15) is 4.79 Å². The molecule has 0 bridgehead atoms. The lowest BCUT2D eigenvalue weighted by Crippen LogP contribution is -2.20. The predicted octanol–water partition coefficient (Wildman–Crippen LogP) is 2.92. The standard InChI is InChI=1S/C14H16N4O/c1-9-6-7-13(10(2)16-9)18-14(19)17-12-5-3-4-11(15)8-12/h3-8H,15H2,1-2H3,(H2,17,18,19). The molecule has 0 aliphatic rings. The highest BCUT2D eigenvalue weighted by molar-refractivity contribution is 6.00. The number of hydrogen-bond donors (Lipinski definition) is 3. The molecule has 0 aliphatic heterocycles. The number of rotatable bonds is 2. The molecule has 98 valence electrons. The SMILES string of the molecule is Cc1ccc(NC(=O)Nc2cccc(N)c2)c(C)n1. The maximum atomic E-state index is 11.8. The largest absolute Gasteiger partial charge is 0.399 e. The number of benzene rings is 1. The monoisotopic (exact) mass is 256 g/mol. The molecule has 19 heavy (non-hydrogen) atoms. The van der Waals surface area contributed by atoms with Crippen LogP contribution in [0.5, 0.6) is 0 Å². The van der Waals surface area contributed by atoms with Gasteiger partial charge in [0.05, 0.1) is 11.4 Å². The van der Waals surface area contributed by atoms with Crippen LogP contribution in [0.4, 0.5) is 21.9 Å². The van der Waals surface area contributed by atoms with Crippen molar-refractivity contribution in [3.8, 4) is 0 Å². The number of pyridine rings is 1. The second kappa shape index (κ2) is 5.39. The van der Waals surface area contributed by atoms with Crippen molar-refractivity contribution in [2.75, 3.05) is 16.4 Å². The number of nitrogens with two attached hydrogens (primary N) is 1. The number of carbonyl (C=O) groups is 1. The summed E-state index contributed by atoms with van der Waals surface area (Å²) in [5, 5.41) is 5.47. The molecule has 1 aromatic heterocycles. The number of carbonyl (C=O) groups excluding carboxylic acids is 1. The molecule has 2 rings (SSSR count). The third-order valence-corrected chi connectivity index (χ3v) is 2.62. The fraction of sp³-hybridized carbons (Fsp3) is 0.143. The quantitative estimate of drug-likeness (QED) is 0.723. The lowest BCUT2D eigenvalue weighted by atomic mass is 10.2. The molecule has 1 heterocycles. The molecule has 0 saturated heterocycles. The predicted molar refractivity (Wildman–Crippen MR) is 77.2 cm³/mol. The summed E-state index contributed by atoms with van der Waals surface area (Å²) in [5.74, 6) is 0. The zero-order valence-electron chi connectivity index (χ0n) is 10.9. The highest BCUT2D eigenvalue weighted by atomic mass is 16.2. The summed E-state index contributed by atoms with van der Waals surface area (Å²) in [5.41, 5.74) is 9.28.